The monoisotopic (exact) mass is 438 g/mol. The van der Waals surface area contributed by atoms with E-state index < -0.39 is 10.0 Å². The Kier molecular flexibility index (Phi) is 8.95. The maximum atomic E-state index is 12.7. The summed E-state index contributed by atoms with van der Waals surface area (Å²) in [5.41, 5.74) is 0.990. The van der Waals surface area contributed by atoms with E-state index in [1.165, 1.54) is 4.31 Å². The maximum Gasteiger partial charge on any atom is 0.243 e. The Labute approximate surface area is 176 Å². The van der Waals surface area contributed by atoms with Gasteiger partial charge in [0, 0.05) is 51.3 Å². The highest BCUT2D eigenvalue weighted by Crippen LogP contribution is 2.18. The van der Waals surface area contributed by atoms with Crippen LogP contribution in [0.4, 0.5) is 0 Å². The molecule has 0 aromatic heterocycles. The molecule has 10 heteroatoms. The number of benzene rings is 1. The zero-order chi connectivity index (χ0) is 21.3. The van der Waals surface area contributed by atoms with E-state index in [4.69, 9.17) is 5.26 Å². The number of thiocyanates is 1. The Bertz CT molecular complexity index is 842. The lowest BCUT2D eigenvalue weighted by Crippen LogP contribution is -2.50. The summed E-state index contributed by atoms with van der Waals surface area (Å²) in [6.07, 6.45) is 0.908. The third-order valence-corrected chi connectivity index (χ3v) is 7.16. The molecule has 0 bridgehead atoms. The molecule has 0 saturated carbocycles. The first-order valence-electron chi connectivity index (χ1n) is 9.47. The zero-order valence-electron chi connectivity index (χ0n) is 16.5. The van der Waals surface area contributed by atoms with E-state index in [2.05, 4.69) is 5.32 Å². The lowest BCUT2D eigenvalue weighted by molar-refractivity contribution is -0.134. The molecule has 1 aliphatic rings. The molecule has 1 N–H and O–H groups in total. The van der Waals surface area contributed by atoms with Crippen LogP contribution in [-0.2, 0) is 19.6 Å². The van der Waals surface area contributed by atoms with Gasteiger partial charge in [-0.25, -0.2) is 8.42 Å². The van der Waals surface area contributed by atoms with Gasteiger partial charge in [0.25, 0.3) is 0 Å². The van der Waals surface area contributed by atoms with E-state index in [-0.39, 0.29) is 42.6 Å². The summed E-state index contributed by atoms with van der Waals surface area (Å²) in [5.74, 6) is 0.319. The van der Waals surface area contributed by atoms with Gasteiger partial charge in [0.2, 0.25) is 21.8 Å². The molecule has 2 rings (SSSR count). The van der Waals surface area contributed by atoms with E-state index in [0.29, 0.717) is 31.8 Å². The van der Waals surface area contributed by atoms with Crippen molar-refractivity contribution in [2.24, 2.45) is 0 Å². The van der Waals surface area contributed by atoms with Gasteiger partial charge in [-0.3, -0.25) is 9.59 Å². The molecule has 1 heterocycles. The minimum atomic E-state index is -3.56. The molecule has 0 unspecified atom stereocenters. The highest BCUT2D eigenvalue weighted by atomic mass is 32.2. The van der Waals surface area contributed by atoms with Crippen molar-refractivity contribution >= 4 is 33.6 Å². The Morgan fingerprint density at radius 2 is 1.79 bits per heavy atom. The maximum absolute atomic E-state index is 12.7. The smallest absolute Gasteiger partial charge is 0.243 e. The molecule has 0 radical (unpaired) electrons. The van der Waals surface area contributed by atoms with Crippen LogP contribution in [0.15, 0.2) is 29.2 Å². The number of sulfonamides is 1. The minimum Gasteiger partial charge on any atom is -0.356 e. The van der Waals surface area contributed by atoms with E-state index >= 15 is 0 Å². The van der Waals surface area contributed by atoms with Crippen molar-refractivity contribution in [3.8, 4) is 5.40 Å². The van der Waals surface area contributed by atoms with Crippen molar-refractivity contribution in [1.82, 2.24) is 14.5 Å². The number of carbonyl (C=O) groups is 2. The second kappa shape index (κ2) is 11.2. The molecule has 2 amide bonds. The lowest BCUT2D eigenvalue weighted by atomic mass is 10.2. The predicted molar refractivity (Wildman–Crippen MR) is 111 cm³/mol. The summed E-state index contributed by atoms with van der Waals surface area (Å²) in [5, 5.41) is 13.1. The summed E-state index contributed by atoms with van der Waals surface area (Å²) in [4.78, 5) is 26.0. The first-order chi connectivity index (χ1) is 13.8. The Hall–Kier alpha value is -2.09. The number of rotatable bonds is 9. The lowest BCUT2D eigenvalue weighted by Gasteiger charge is -2.34. The van der Waals surface area contributed by atoms with Crippen molar-refractivity contribution in [3.05, 3.63) is 29.8 Å². The van der Waals surface area contributed by atoms with Crippen LogP contribution < -0.4 is 5.32 Å². The zero-order valence-corrected chi connectivity index (χ0v) is 18.1. The second-order valence-corrected chi connectivity index (χ2v) is 9.56. The van der Waals surface area contributed by atoms with Crippen LogP contribution in [0.2, 0.25) is 0 Å². The summed E-state index contributed by atoms with van der Waals surface area (Å²) < 4.78 is 26.8. The number of aryl methyl sites for hydroxylation is 1. The van der Waals surface area contributed by atoms with Crippen LogP contribution in [0.1, 0.15) is 24.8 Å². The molecule has 1 aromatic rings. The van der Waals surface area contributed by atoms with E-state index in [0.717, 1.165) is 17.3 Å². The van der Waals surface area contributed by atoms with Gasteiger partial charge < -0.3 is 10.2 Å². The molecule has 1 aliphatic heterocycles. The fraction of sp³-hybridized carbons (Fsp3) is 0.526. The highest BCUT2D eigenvalue weighted by Gasteiger charge is 2.30. The molecule has 0 atom stereocenters. The fourth-order valence-corrected chi connectivity index (χ4v) is 4.72. The number of nitrogens with one attached hydrogen (secondary N) is 1. The van der Waals surface area contributed by atoms with Gasteiger partial charge in [0.05, 0.1) is 4.90 Å². The quantitative estimate of drug-likeness (QED) is 0.460. The number of nitrogens with zero attached hydrogens (tertiary/aromatic N) is 3. The van der Waals surface area contributed by atoms with Crippen molar-refractivity contribution in [3.63, 3.8) is 0 Å². The topological polar surface area (TPSA) is 111 Å². The van der Waals surface area contributed by atoms with Gasteiger partial charge in [0.15, 0.2) is 0 Å². The average Bonchev–Trinajstić information content (AvgIpc) is 2.72. The summed E-state index contributed by atoms with van der Waals surface area (Å²) in [6, 6.07) is 6.72. The minimum absolute atomic E-state index is 0.101. The van der Waals surface area contributed by atoms with E-state index in [1.807, 2.05) is 12.3 Å². The largest absolute Gasteiger partial charge is 0.356 e. The third kappa shape index (κ3) is 7.03. The van der Waals surface area contributed by atoms with Crippen LogP contribution in [0.5, 0.6) is 0 Å². The van der Waals surface area contributed by atoms with Gasteiger partial charge in [-0.2, -0.15) is 9.57 Å². The molecule has 1 aromatic carbocycles. The highest BCUT2D eigenvalue weighted by molar-refractivity contribution is 8.03. The molecule has 8 nitrogen and oxygen atoms in total. The third-order valence-electron chi connectivity index (χ3n) is 4.63. The predicted octanol–water partition coefficient (Wildman–Crippen LogP) is 1.33. The number of amides is 2. The van der Waals surface area contributed by atoms with E-state index in [1.54, 1.807) is 29.2 Å². The first-order valence-corrected chi connectivity index (χ1v) is 11.9. The van der Waals surface area contributed by atoms with Crippen molar-refractivity contribution < 1.29 is 18.0 Å². The molecule has 0 aliphatic carbocycles. The van der Waals surface area contributed by atoms with Gasteiger partial charge in [-0.1, -0.05) is 17.7 Å². The van der Waals surface area contributed by atoms with Gasteiger partial charge in [-0.05, 0) is 37.2 Å². The number of thioether (sulfide) groups is 1. The Morgan fingerprint density at radius 1 is 1.14 bits per heavy atom. The van der Waals surface area contributed by atoms with Crippen LogP contribution in [-0.4, -0.2) is 67.9 Å². The van der Waals surface area contributed by atoms with Crippen LogP contribution >= 0.6 is 11.8 Å². The molecule has 1 saturated heterocycles. The Balaban J connectivity index is 1.74. The summed E-state index contributed by atoms with van der Waals surface area (Å²) in [6.45, 7) is 3.50. The number of hydrogen-bond donors (Lipinski definition) is 1. The number of nitriles is 1. The molecule has 0 spiro atoms. The van der Waals surface area contributed by atoms with Gasteiger partial charge >= 0.3 is 0 Å². The number of carbonyl (C=O) groups excluding carboxylic acids is 2. The number of hydrogen-bond acceptors (Lipinski definition) is 6. The van der Waals surface area contributed by atoms with Gasteiger partial charge in [0.1, 0.15) is 5.40 Å². The van der Waals surface area contributed by atoms with Crippen molar-refractivity contribution in [2.75, 3.05) is 38.5 Å². The summed E-state index contributed by atoms with van der Waals surface area (Å²) >= 11 is 1.14. The fourth-order valence-electron chi connectivity index (χ4n) is 2.92. The van der Waals surface area contributed by atoms with Crippen LogP contribution in [0, 0.1) is 17.6 Å². The molecule has 1 fully saturated rings. The van der Waals surface area contributed by atoms with Gasteiger partial charge in [-0.15, -0.1) is 0 Å². The molecular weight excluding hydrogens is 412 g/mol. The van der Waals surface area contributed by atoms with Crippen LogP contribution in [0.3, 0.4) is 0 Å². The normalized spacial score (nSPS) is 15.0. The first kappa shape index (κ1) is 23.2. The van der Waals surface area contributed by atoms with Crippen molar-refractivity contribution in [2.45, 2.75) is 31.1 Å². The van der Waals surface area contributed by atoms with Crippen LogP contribution in [0.25, 0.3) is 0 Å². The van der Waals surface area contributed by atoms with E-state index in [9.17, 15) is 18.0 Å². The SMILES string of the molecule is Cc1ccc(S(=O)(=O)N2CCN(C(=O)CCC(=O)NCCCSC#N)CC2)cc1. The average molecular weight is 439 g/mol. The standard InChI is InChI=1S/C19H26N4O4S2/c1-16-3-5-17(6-4-16)29(26,27)23-12-10-22(11-13-23)19(25)8-7-18(24)21-9-2-14-28-15-20/h3-6H,2,7-14H2,1H3,(H,21,24). The molecule has 29 heavy (non-hydrogen) atoms. The summed E-state index contributed by atoms with van der Waals surface area (Å²) in [7, 11) is -3.56. The second-order valence-electron chi connectivity index (χ2n) is 6.74. The number of piperazine rings is 1. The van der Waals surface area contributed by atoms with Crippen molar-refractivity contribution in [1.29, 1.82) is 5.26 Å². The molecule has 158 valence electrons. The Morgan fingerprint density at radius 3 is 2.41 bits per heavy atom. The molecular formula is C19H26N4O4S2.